The Kier molecular flexibility index (Phi) is 6.45. The van der Waals surface area contributed by atoms with Crippen LogP contribution in [0.2, 0.25) is 0 Å². The van der Waals surface area contributed by atoms with E-state index in [2.05, 4.69) is 137 Å². The summed E-state index contributed by atoms with van der Waals surface area (Å²) in [7, 11) is 2.05. The van der Waals surface area contributed by atoms with Gasteiger partial charge < -0.3 is 4.42 Å². The van der Waals surface area contributed by atoms with Gasteiger partial charge in [0.1, 0.15) is 24.0 Å². The second kappa shape index (κ2) is 9.28. The minimum Gasteiger partial charge on any atom is -0.454 e. The summed E-state index contributed by atoms with van der Waals surface area (Å²) in [6.07, 6.45) is 2.05. The van der Waals surface area contributed by atoms with Gasteiger partial charge in [0.25, 0.3) is 0 Å². The molecule has 230 valence electrons. The van der Waals surface area contributed by atoms with Crippen LogP contribution < -0.4 is 4.57 Å². The predicted octanol–water partition coefficient (Wildman–Crippen LogP) is 11.1. The van der Waals surface area contributed by atoms with Crippen molar-refractivity contribution in [2.24, 2.45) is 17.9 Å². The quantitative estimate of drug-likeness (QED) is 0.187. The molecule has 0 bridgehead atoms. The van der Waals surface area contributed by atoms with E-state index in [1.807, 2.05) is 12.1 Å². The van der Waals surface area contributed by atoms with Crippen molar-refractivity contribution in [1.29, 1.82) is 0 Å². The first kappa shape index (κ1) is 30.6. The van der Waals surface area contributed by atoms with Gasteiger partial charge in [-0.1, -0.05) is 100 Å². The summed E-state index contributed by atoms with van der Waals surface area (Å²) in [6.45, 7) is 28.2. The number of fused-ring (bicyclic) bond motifs is 4. The first-order valence-electron chi connectivity index (χ1n) is 16.0. The van der Waals surface area contributed by atoms with Gasteiger partial charge in [-0.2, -0.15) is 0 Å². The van der Waals surface area contributed by atoms with Crippen LogP contribution in [0.25, 0.3) is 44.3 Å². The van der Waals surface area contributed by atoms with Crippen LogP contribution in [-0.4, -0.2) is 0 Å². The number of benzene rings is 3. The summed E-state index contributed by atoms with van der Waals surface area (Å²) in [6, 6.07) is 18.5. The van der Waals surface area contributed by atoms with Gasteiger partial charge in [0.05, 0.1) is 11.1 Å². The molecule has 0 spiro atoms. The molecule has 5 aromatic rings. The number of furan rings is 1. The zero-order valence-corrected chi connectivity index (χ0v) is 29.0. The van der Waals surface area contributed by atoms with Gasteiger partial charge in [0.15, 0.2) is 6.20 Å². The second-order valence-electron chi connectivity index (χ2n) is 16.4. The number of hydrogen-bond donors (Lipinski definition) is 0. The molecule has 6 rings (SSSR count). The fourth-order valence-electron chi connectivity index (χ4n) is 8.10. The van der Waals surface area contributed by atoms with E-state index in [-0.39, 0.29) is 32.9 Å². The van der Waals surface area contributed by atoms with E-state index in [1.54, 1.807) is 6.07 Å². The molecule has 0 N–H and O–H groups in total. The Balaban J connectivity index is 1.74. The maximum atomic E-state index is 16.3. The summed E-state index contributed by atoms with van der Waals surface area (Å²) in [5.41, 5.74) is 9.63. The normalized spacial score (nSPS) is 18.5. The highest BCUT2D eigenvalue weighted by Crippen LogP contribution is 2.67. The minimum absolute atomic E-state index is 0.00383. The maximum Gasteiger partial charge on any atom is 0.216 e. The number of pyridine rings is 1. The Hall–Kier alpha value is -3.46. The molecule has 0 radical (unpaired) electrons. The number of aryl methyl sites for hydroxylation is 2. The molecule has 0 saturated heterocycles. The van der Waals surface area contributed by atoms with Crippen LogP contribution in [0, 0.1) is 23.6 Å². The summed E-state index contributed by atoms with van der Waals surface area (Å²) >= 11 is 0. The Morgan fingerprint density at radius 3 is 1.93 bits per heavy atom. The van der Waals surface area contributed by atoms with Crippen LogP contribution in [-0.2, 0) is 23.3 Å². The van der Waals surface area contributed by atoms with Crippen LogP contribution in [0.1, 0.15) is 98.4 Å². The summed E-state index contributed by atoms with van der Waals surface area (Å²) in [5.74, 6) is -0.257. The molecular formula is C41H49FNO+. The molecule has 0 atom stereocenters. The SMILES string of the molecule is Cc1ccc2c(oc3c(-c4cc(C(C)(C)C)c5c(c4)C(C)(C)C(C)(C)C(C)(C)C5(C)C)c(F)ccc32)c1-c1cccc[n+]1C. The highest BCUT2D eigenvalue weighted by Gasteiger charge is 2.61. The number of nitrogens with zero attached hydrogens (tertiary/aromatic N) is 1. The fourth-order valence-corrected chi connectivity index (χ4v) is 8.10. The van der Waals surface area contributed by atoms with Gasteiger partial charge >= 0.3 is 0 Å². The number of halogens is 1. The summed E-state index contributed by atoms with van der Waals surface area (Å²) in [5, 5.41) is 1.94. The van der Waals surface area contributed by atoms with Crippen molar-refractivity contribution in [3.05, 3.63) is 88.9 Å². The fraction of sp³-hybridized carbons (Fsp3) is 0.439. The number of hydrogen-bond acceptors (Lipinski definition) is 1. The Bertz CT molecular complexity index is 1980. The lowest BCUT2D eigenvalue weighted by Crippen LogP contribution is -2.60. The molecular weight excluding hydrogens is 541 g/mol. The van der Waals surface area contributed by atoms with Crippen LogP contribution in [0.15, 0.2) is 65.2 Å². The highest BCUT2D eigenvalue weighted by atomic mass is 19.1. The zero-order valence-electron chi connectivity index (χ0n) is 29.0. The first-order chi connectivity index (χ1) is 20.2. The molecule has 1 aliphatic rings. The van der Waals surface area contributed by atoms with Crippen LogP contribution in [0.3, 0.4) is 0 Å². The molecule has 0 fully saturated rings. The van der Waals surface area contributed by atoms with Gasteiger partial charge in [-0.3, -0.25) is 0 Å². The monoisotopic (exact) mass is 590 g/mol. The predicted molar refractivity (Wildman–Crippen MR) is 183 cm³/mol. The smallest absolute Gasteiger partial charge is 0.216 e. The number of rotatable bonds is 2. The molecule has 1 aliphatic carbocycles. The molecule has 0 amide bonds. The lowest BCUT2D eigenvalue weighted by molar-refractivity contribution is -0.660. The van der Waals surface area contributed by atoms with Crippen LogP contribution >= 0.6 is 0 Å². The minimum atomic E-state index is -0.257. The Morgan fingerprint density at radius 2 is 1.32 bits per heavy atom. The molecule has 0 unspecified atom stereocenters. The van der Waals surface area contributed by atoms with E-state index in [9.17, 15) is 0 Å². The maximum absolute atomic E-state index is 16.3. The topological polar surface area (TPSA) is 17.0 Å². The van der Waals surface area contributed by atoms with Crippen LogP contribution in [0.4, 0.5) is 4.39 Å². The van der Waals surface area contributed by atoms with E-state index in [4.69, 9.17) is 4.42 Å². The van der Waals surface area contributed by atoms with Crippen molar-refractivity contribution in [1.82, 2.24) is 0 Å². The molecule has 3 heteroatoms. The molecule has 44 heavy (non-hydrogen) atoms. The number of aromatic nitrogens is 1. The molecule has 2 heterocycles. The lowest BCUT2D eigenvalue weighted by Gasteiger charge is -2.65. The molecule has 3 aromatic carbocycles. The summed E-state index contributed by atoms with van der Waals surface area (Å²) < 4.78 is 25.3. The lowest BCUT2D eigenvalue weighted by atomic mass is 9.39. The van der Waals surface area contributed by atoms with Gasteiger partial charge in [-0.25, -0.2) is 8.96 Å². The van der Waals surface area contributed by atoms with Crippen molar-refractivity contribution >= 4 is 21.9 Å². The summed E-state index contributed by atoms with van der Waals surface area (Å²) in [4.78, 5) is 0. The van der Waals surface area contributed by atoms with Gasteiger partial charge in [0.2, 0.25) is 5.69 Å². The third kappa shape index (κ3) is 3.87. The van der Waals surface area contributed by atoms with Gasteiger partial charge in [0, 0.05) is 22.9 Å². The van der Waals surface area contributed by atoms with E-state index < -0.39 is 0 Å². The van der Waals surface area contributed by atoms with Gasteiger partial charge in [-0.15, -0.1) is 0 Å². The molecule has 0 saturated carbocycles. The van der Waals surface area contributed by atoms with E-state index in [1.165, 1.54) is 16.7 Å². The highest BCUT2D eigenvalue weighted by molar-refractivity contribution is 6.13. The molecule has 2 aromatic heterocycles. The zero-order chi connectivity index (χ0) is 32.4. The van der Waals surface area contributed by atoms with Crippen LogP contribution in [0.5, 0.6) is 0 Å². The van der Waals surface area contributed by atoms with Crippen molar-refractivity contribution < 1.29 is 13.4 Å². The second-order valence-corrected chi connectivity index (χ2v) is 16.4. The van der Waals surface area contributed by atoms with Crippen molar-refractivity contribution in [3.8, 4) is 22.4 Å². The average Bonchev–Trinajstić information content (AvgIpc) is 3.29. The van der Waals surface area contributed by atoms with Crippen molar-refractivity contribution in [2.45, 2.75) is 99.3 Å². The third-order valence-corrected chi connectivity index (χ3v) is 12.5. The van der Waals surface area contributed by atoms with E-state index in [0.29, 0.717) is 11.1 Å². The molecule has 0 aliphatic heterocycles. The third-order valence-electron chi connectivity index (χ3n) is 12.5. The largest absolute Gasteiger partial charge is 0.454 e. The van der Waals surface area contributed by atoms with Gasteiger partial charge in [-0.05, 0) is 80.0 Å². The standard InChI is InChI=1S/C41H49FNO/c1-24-17-18-26-27-19-20-30(42)33(36(27)44-35(26)32(24)31-16-14-15-21-43(31)13)25-22-28(37(2,3)4)34-29(23-25)38(5,6)40(9,10)41(11,12)39(34,7)8/h14-23H,1-13H3/q+1. The first-order valence-corrected chi connectivity index (χ1v) is 16.0. The molecule has 2 nitrogen and oxygen atoms in total. The van der Waals surface area contributed by atoms with E-state index in [0.717, 1.165) is 38.7 Å². The van der Waals surface area contributed by atoms with Crippen molar-refractivity contribution in [2.75, 3.05) is 0 Å². The Morgan fingerprint density at radius 1 is 0.727 bits per heavy atom. The van der Waals surface area contributed by atoms with Crippen molar-refractivity contribution in [3.63, 3.8) is 0 Å². The van der Waals surface area contributed by atoms with E-state index >= 15 is 4.39 Å². The Labute approximate surface area is 263 Å². The average molecular weight is 591 g/mol.